The lowest BCUT2D eigenvalue weighted by molar-refractivity contribution is -0.0576. The summed E-state index contributed by atoms with van der Waals surface area (Å²) in [5.74, 6) is 1.84. The van der Waals surface area contributed by atoms with Gasteiger partial charge < -0.3 is 13.6 Å². The molecule has 0 bridgehead atoms. The minimum absolute atomic E-state index is 0.0401. The SMILES string of the molecule is C=CCCOC(C)[C@H]1CC[C@H]2C3=CC=C4C[C@@H](O[Si](C)(C)C(C)(C)C)C[C@H](O[Si](C)(C)C(C)(C)C)[C@]4(C)[C@H]3CC[C@]12C. The van der Waals surface area contributed by atoms with E-state index < -0.39 is 16.6 Å². The molecule has 4 rings (SSSR count). The highest BCUT2D eigenvalue weighted by Crippen LogP contribution is 2.66. The summed E-state index contributed by atoms with van der Waals surface area (Å²) in [4.78, 5) is 0. The lowest BCUT2D eigenvalue weighted by Gasteiger charge is -2.59. The number of rotatable bonds is 9. The number of hydrogen-bond donors (Lipinski definition) is 0. The highest BCUT2D eigenvalue weighted by molar-refractivity contribution is 6.74. The van der Waals surface area contributed by atoms with Crippen LogP contribution < -0.4 is 0 Å². The molecular weight excluding hydrogens is 549 g/mol. The molecule has 0 amide bonds. The standard InChI is InChI=1S/C37H66O3Si2/c1-15-16-23-38-26(2)30-19-20-31-29-18-17-27-24-28(39-41(11,12)34(3,4)5)25-33(40-42(13,14)35(6,7)8)37(27,10)32(29)21-22-36(30,31)9/h15,17-18,26,28,30-33H,1,16,19-25H2,2-14H3/t26?,28-,30-,31+,32+,33+,36-,37+/m1/s1. The maximum Gasteiger partial charge on any atom is 0.192 e. The van der Waals surface area contributed by atoms with Crippen molar-refractivity contribution in [2.75, 3.05) is 6.61 Å². The van der Waals surface area contributed by atoms with E-state index in [9.17, 15) is 0 Å². The van der Waals surface area contributed by atoms with Gasteiger partial charge in [0.05, 0.1) is 24.9 Å². The minimum Gasteiger partial charge on any atom is -0.414 e. The van der Waals surface area contributed by atoms with Crippen molar-refractivity contribution >= 4 is 16.6 Å². The number of ether oxygens (including phenoxy) is 1. The van der Waals surface area contributed by atoms with Crippen LogP contribution >= 0.6 is 0 Å². The zero-order valence-electron chi connectivity index (χ0n) is 29.8. The van der Waals surface area contributed by atoms with Crippen molar-refractivity contribution in [1.29, 1.82) is 0 Å². The van der Waals surface area contributed by atoms with Gasteiger partial charge in [0.15, 0.2) is 16.6 Å². The van der Waals surface area contributed by atoms with Crippen LogP contribution in [0.4, 0.5) is 0 Å². The van der Waals surface area contributed by atoms with Crippen LogP contribution in [0.3, 0.4) is 0 Å². The maximum atomic E-state index is 7.52. The second-order valence-corrected chi connectivity index (χ2v) is 27.4. The van der Waals surface area contributed by atoms with Crippen LogP contribution in [-0.4, -0.2) is 41.6 Å². The zero-order chi connectivity index (χ0) is 31.5. The summed E-state index contributed by atoms with van der Waals surface area (Å²) in [6.07, 6.45) is 16.0. The van der Waals surface area contributed by atoms with Gasteiger partial charge in [0.1, 0.15) is 0 Å². The van der Waals surface area contributed by atoms with E-state index in [1.54, 1.807) is 11.1 Å². The molecule has 0 aromatic heterocycles. The monoisotopic (exact) mass is 614 g/mol. The molecule has 0 radical (unpaired) electrons. The van der Waals surface area contributed by atoms with Gasteiger partial charge in [0.2, 0.25) is 0 Å². The van der Waals surface area contributed by atoms with E-state index in [0.717, 1.165) is 25.9 Å². The largest absolute Gasteiger partial charge is 0.414 e. The van der Waals surface area contributed by atoms with Crippen LogP contribution in [-0.2, 0) is 13.6 Å². The molecule has 0 N–H and O–H groups in total. The van der Waals surface area contributed by atoms with Gasteiger partial charge in [-0.15, -0.1) is 6.58 Å². The van der Waals surface area contributed by atoms with Gasteiger partial charge in [0.25, 0.3) is 0 Å². The molecule has 4 aliphatic carbocycles. The number of hydrogen-bond acceptors (Lipinski definition) is 3. The molecule has 0 aromatic carbocycles. The average Bonchev–Trinajstić information content (AvgIpc) is 3.20. The van der Waals surface area contributed by atoms with Crippen molar-refractivity contribution in [2.24, 2.45) is 28.6 Å². The molecule has 5 heteroatoms. The van der Waals surface area contributed by atoms with Crippen LogP contribution in [0.2, 0.25) is 36.3 Å². The van der Waals surface area contributed by atoms with Crippen molar-refractivity contribution in [3.63, 3.8) is 0 Å². The summed E-state index contributed by atoms with van der Waals surface area (Å²) < 4.78 is 21.1. The van der Waals surface area contributed by atoms with Crippen LogP contribution in [0.5, 0.6) is 0 Å². The van der Waals surface area contributed by atoms with E-state index in [2.05, 4.69) is 107 Å². The zero-order valence-corrected chi connectivity index (χ0v) is 31.8. The minimum atomic E-state index is -1.99. The topological polar surface area (TPSA) is 27.7 Å². The molecule has 1 unspecified atom stereocenters. The molecule has 0 heterocycles. The van der Waals surface area contributed by atoms with E-state index in [1.807, 2.05) is 6.08 Å². The predicted octanol–water partition coefficient (Wildman–Crippen LogP) is 10.9. The summed E-state index contributed by atoms with van der Waals surface area (Å²) in [6, 6.07) is 0. The Labute approximate surface area is 262 Å². The Morgan fingerprint density at radius 2 is 1.55 bits per heavy atom. The summed E-state index contributed by atoms with van der Waals surface area (Å²) in [5, 5.41) is 0.385. The van der Waals surface area contributed by atoms with Crippen molar-refractivity contribution < 1.29 is 13.6 Å². The van der Waals surface area contributed by atoms with Gasteiger partial charge in [-0.05, 0) is 111 Å². The van der Waals surface area contributed by atoms with Gasteiger partial charge >= 0.3 is 0 Å². The van der Waals surface area contributed by atoms with Crippen molar-refractivity contribution in [2.45, 2.75) is 162 Å². The molecule has 240 valence electrons. The van der Waals surface area contributed by atoms with Gasteiger partial charge in [-0.3, -0.25) is 0 Å². The Morgan fingerprint density at radius 3 is 2.14 bits per heavy atom. The third-order valence-electron chi connectivity index (χ3n) is 13.5. The molecule has 0 aliphatic heterocycles. The van der Waals surface area contributed by atoms with Crippen molar-refractivity contribution in [3.8, 4) is 0 Å². The molecule has 3 nitrogen and oxygen atoms in total. The summed E-state index contributed by atoms with van der Waals surface area (Å²) in [6.45, 7) is 36.2. The molecule has 3 saturated carbocycles. The summed E-state index contributed by atoms with van der Waals surface area (Å²) in [5.41, 5.74) is 3.67. The predicted molar refractivity (Wildman–Crippen MR) is 185 cm³/mol. The van der Waals surface area contributed by atoms with Gasteiger partial charge in [-0.1, -0.05) is 84.8 Å². The quantitative estimate of drug-likeness (QED) is 0.147. The van der Waals surface area contributed by atoms with E-state index >= 15 is 0 Å². The molecule has 0 aromatic rings. The Morgan fingerprint density at radius 1 is 0.929 bits per heavy atom. The second-order valence-electron chi connectivity index (χ2n) is 17.9. The first-order valence-corrected chi connectivity index (χ1v) is 23.0. The van der Waals surface area contributed by atoms with Gasteiger partial charge in [-0.25, -0.2) is 0 Å². The fourth-order valence-electron chi connectivity index (χ4n) is 8.66. The Hall–Kier alpha value is -0.466. The summed E-state index contributed by atoms with van der Waals surface area (Å²) in [7, 11) is -3.89. The first-order chi connectivity index (χ1) is 19.2. The van der Waals surface area contributed by atoms with Gasteiger partial charge in [-0.2, -0.15) is 0 Å². The van der Waals surface area contributed by atoms with Gasteiger partial charge in [0, 0.05) is 5.41 Å². The molecule has 0 saturated heterocycles. The van der Waals surface area contributed by atoms with E-state index in [4.69, 9.17) is 13.6 Å². The normalized spacial score (nSPS) is 36.4. The molecular formula is C37H66O3Si2. The average molecular weight is 615 g/mol. The van der Waals surface area contributed by atoms with Crippen LogP contribution in [0.25, 0.3) is 0 Å². The lowest BCUT2D eigenvalue weighted by Crippen LogP contribution is -2.58. The van der Waals surface area contributed by atoms with Crippen molar-refractivity contribution in [3.05, 3.63) is 36.0 Å². The fourth-order valence-corrected chi connectivity index (χ4v) is 11.4. The van der Waals surface area contributed by atoms with Crippen LogP contribution in [0.1, 0.15) is 107 Å². The van der Waals surface area contributed by atoms with E-state index in [-0.39, 0.29) is 27.7 Å². The second kappa shape index (κ2) is 11.7. The molecule has 8 atom stereocenters. The number of allylic oxidation sites excluding steroid dienone is 3. The van der Waals surface area contributed by atoms with Crippen LogP contribution in [0.15, 0.2) is 36.0 Å². The molecule has 0 spiro atoms. The molecule has 42 heavy (non-hydrogen) atoms. The highest BCUT2D eigenvalue weighted by Gasteiger charge is 2.61. The highest BCUT2D eigenvalue weighted by atomic mass is 28.4. The van der Waals surface area contributed by atoms with Crippen LogP contribution in [0, 0.1) is 28.6 Å². The Bertz CT molecular complexity index is 1060. The first kappa shape index (κ1) is 34.4. The van der Waals surface area contributed by atoms with E-state index in [1.165, 1.54) is 25.7 Å². The smallest absolute Gasteiger partial charge is 0.192 e. The number of fused-ring (bicyclic) bond motifs is 5. The summed E-state index contributed by atoms with van der Waals surface area (Å²) >= 11 is 0. The third-order valence-corrected chi connectivity index (χ3v) is 22.5. The Balaban J connectivity index is 1.68. The fraction of sp³-hybridized carbons (Fsp3) is 0.838. The van der Waals surface area contributed by atoms with E-state index in [0.29, 0.717) is 29.3 Å². The van der Waals surface area contributed by atoms with Crippen molar-refractivity contribution in [1.82, 2.24) is 0 Å². The molecule has 4 aliphatic rings. The first-order valence-electron chi connectivity index (χ1n) is 17.2. The maximum absolute atomic E-state index is 7.52. The third kappa shape index (κ3) is 6.05. The Kier molecular flexibility index (Phi) is 9.60. The molecule has 3 fully saturated rings. The lowest BCUT2D eigenvalue weighted by atomic mass is 9.49.